The van der Waals surface area contributed by atoms with Gasteiger partial charge in [-0.3, -0.25) is 4.79 Å². The number of halogens is 1. The molecular weight excluding hydrogens is 320 g/mol. The van der Waals surface area contributed by atoms with Crippen molar-refractivity contribution < 1.29 is 9.90 Å². The lowest BCUT2D eigenvalue weighted by atomic mass is 9.46. The Labute approximate surface area is 149 Å². The van der Waals surface area contributed by atoms with Gasteiger partial charge >= 0.3 is 0 Å². The number of carbonyl (C=O) groups is 1. The standard InChI is InChI=1S/C21H27ClO2/c1-11-9-13-14-5-6-17(24)20(14,3)8-7-15(13)21(4)12(2)10-16(23)19(22)18(11)21/h10,13-15,17,24H,1,5-9H2,2-4H3/t13-,14-,15-,17-,20-,21+/m0/s1. The third-order valence-electron chi connectivity index (χ3n) is 8.09. The third-order valence-corrected chi connectivity index (χ3v) is 8.46. The second kappa shape index (κ2) is 5.08. The van der Waals surface area contributed by atoms with Crippen molar-refractivity contribution in [2.24, 2.45) is 28.6 Å². The van der Waals surface area contributed by atoms with Crippen LogP contribution in [0.15, 0.2) is 34.4 Å². The number of hydrogen-bond acceptors (Lipinski definition) is 2. The minimum atomic E-state index is -0.181. The number of rotatable bonds is 0. The van der Waals surface area contributed by atoms with Crippen molar-refractivity contribution in [1.29, 1.82) is 0 Å². The average molecular weight is 347 g/mol. The molecule has 4 aliphatic rings. The summed E-state index contributed by atoms with van der Waals surface area (Å²) in [5.74, 6) is 1.49. The Morgan fingerprint density at radius 1 is 1.25 bits per heavy atom. The van der Waals surface area contributed by atoms with Gasteiger partial charge < -0.3 is 5.11 Å². The van der Waals surface area contributed by atoms with Crippen LogP contribution in [-0.2, 0) is 4.79 Å². The number of aliphatic hydroxyl groups excluding tert-OH is 1. The molecule has 0 amide bonds. The Hall–Kier alpha value is -0.860. The van der Waals surface area contributed by atoms with Gasteiger partial charge in [-0.2, -0.15) is 0 Å². The fraction of sp³-hybridized carbons (Fsp3) is 0.667. The van der Waals surface area contributed by atoms with Gasteiger partial charge in [0.15, 0.2) is 5.78 Å². The largest absolute Gasteiger partial charge is 0.393 e. The number of hydrogen-bond donors (Lipinski definition) is 1. The molecule has 0 aromatic heterocycles. The van der Waals surface area contributed by atoms with Crippen molar-refractivity contribution in [1.82, 2.24) is 0 Å². The summed E-state index contributed by atoms with van der Waals surface area (Å²) in [6.07, 6.45) is 6.66. The second-order valence-electron chi connectivity index (χ2n) is 8.91. The van der Waals surface area contributed by atoms with E-state index < -0.39 is 0 Å². The van der Waals surface area contributed by atoms with Crippen molar-refractivity contribution in [3.8, 4) is 0 Å². The first-order valence-electron chi connectivity index (χ1n) is 9.21. The minimum absolute atomic E-state index is 0.0466. The summed E-state index contributed by atoms with van der Waals surface area (Å²) in [4.78, 5) is 12.2. The predicted molar refractivity (Wildman–Crippen MR) is 96.6 cm³/mol. The molecular formula is C21H27ClO2. The van der Waals surface area contributed by atoms with Crippen LogP contribution in [0.4, 0.5) is 0 Å². The Bertz CT molecular complexity index is 703. The Kier molecular flexibility index (Phi) is 3.51. The molecule has 0 heterocycles. The summed E-state index contributed by atoms with van der Waals surface area (Å²) in [6.45, 7) is 10.9. The molecule has 3 saturated carbocycles. The maximum Gasteiger partial charge on any atom is 0.197 e. The van der Waals surface area contributed by atoms with Crippen molar-refractivity contribution >= 4 is 17.4 Å². The summed E-state index contributed by atoms with van der Waals surface area (Å²) < 4.78 is 0. The molecule has 6 atom stereocenters. The molecule has 0 unspecified atom stereocenters. The van der Waals surface area contributed by atoms with Gasteiger partial charge in [0.1, 0.15) is 0 Å². The van der Waals surface area contributed by atoms with E-state index >= 15 is 0 Å². The Balaban J connectivity index is 1.83. The number of aliphatic hydroxyl groups is 1. The van der Waals surface area contributed by atoms with E-state index in [0.717, 1.165) is 48.8 Å². The molecule has 3 heteroatoms. The van der Waals surface area contributed by atoms with E-state index in [1.807, 2.05) is 0 Å². The number of carbonyl (C=O) groups excluding carboxylic acids is 1. The molecule has 0 aromatic rings. The molecule has 130 valence electrons. The smallest absolute Gasteiger partial charge is 0.197 e. The number of fused-ring (bicyclic) bond motifs is 5. The Morgan fingerprint density at radius 3 is 2.67 bits per heavy atom. The molecule has 3 fully saturated rings. The normalized spacial score (nSPS) is 48.0. The minimum Gasteiger partial charge on any atom is -0.393 e. The van der Waals surface area contributed by atoms with E-state index in [-0.39, 0.29) is 22.7 Å². The SMILES string of the molecule is C=C1C[C@@H]2[C@H](CC[C@]3(C)[C@@H](O)CC[C@@H]23)[C@@]2(C)C(C)=CC(=O)C(Cl)=C12. The van der Waals surface area contributed by atoms with Gasteiger partial charge in [0, 0.05) is 5.41 Å². The first-order valence-corrected chi connectivity index (χ1v) is 9.58. The highest BCUT2D eigenvalue weighted by molar-refractivity contribution is 6.45. The van der Waals surface area contributed by atoms with Crippen LogP contribution in [0.25, 0.3) is 0 Å². The molecule has 0 bridgehead atoms. The fourth-order valence-corrected chi connectivity index (χ4v) is 6.99. The van der Waals surface area contributed by atoms with E-state index in [4.69, 9.17) is 11.6 Å². The second-order valence-corrected chi connectivity index (χ2v) is 9.28. The van der Waals surface area contributed by atoms with Crippen molar-refractivity contribution in [3.05, 3.63) is 34.4 Å². The molecule has 4 rings (SSSR count). The molecule has 0 aliphatic heterocycles. The van der Waals surface area contributed by atoms with E-state index in [0.29, 0.717) is 22.8 Å². The van der Waals surface area contributed by atoms with E-state index in [1.165, 1.54) is 0 Å². The summed E-state index contributed by atoms with van der Waals surface area (Å²) in [6, 6.07) is 0. The number of allylic oxidation sites excluding steroid dienone is 5. The maximum absolute atomic E-state index is 12.2. The lowest BCUT2D eigenvalue weighted by molar-refractivity contribution is -0.111. The topological polar surface area (TPSA) is 37.3 Å². The van der Waals surface area contributed by atoms with E-state index in [9.17, 15) is 9.90 Å². The van der Waals surface area contributed by atoms with Gasteiger partial charge in [-0.15, -0.1) is 0 Å². The molecule has 1 N–H and O–H groups in total. The molecule has 0 aromatic carbocycles. The van der Waals surface area contributed by atoms with Gasteiger partial charge in [0.05, 0.1) is 11.1 Å². The molecule has 4 aliphatic carbocycles. The molecule has 0 spiro atoms. The summed E-state index contributed by atoms with van der Waals surface area (Å²) in [7, 11) is 0. The first-order chi connectivity index (χ1) is 11.2. The van der Waals surface area contributed by atoms with Crippen LogP contribution in [0, 0.1) is 28.6 Å². The quantitative estimate of drug-likeness (QED) is 0.685. The van der Waals surface area contributed by atoms with Gasteiger partial charge in [0.25, 0.3) is 0 Å². The predicted octanol–water partition coefficient (Wildman–Crippen LogP) is 4.78. The van der Waals surface area contributed by atoms with Gasteiger partial charge in [-0.25, -0.2) is 0 Å². The van der Waals surface area contributed by atoms with Crippen LogP contribution in [0.1, 0.15) is 52.9 Å². The van der Waals surface area contributed by atoms with Crippen LogP contribution in [0.3, 0.4) is 0 Å². The van der Waals surface area contributed by atoms with Crippen LogP contribution < -0.4 is 0 Å². The first kappa shape index (κ1) is 16.6. The zero-order valence-electron chi connectivity index (χ0n) is 14.9. The molecule has 2 nitrogen and oxygen atoms in total. The van der Waals surface area contributed by atoms with Gasteiger partial charge in [0.2, 0.25) is 0 Å². The highest BCUT2D eigenvalue weighted by Gasteiger charge is 2.60. The van der Waals surface area contributed by atoms with E-state index in [2.05, 4.69) is 27.4 Å². The lowest BCUT2D eigenvalue weighted by Crippen LogP contribution is -2.52. The zero-order chi connectivity index (χ0) is 17.4. The van der Waals surface area contributed by atoms with Gasteiger partial charge in [-0.05, 0) is 79.4 Å². The lowest BCUT2D eigenvalue weighted by Gasteiger charge is -2.58. The van der Waals surface area contributed by atoms with Crippen LogP contribution in [0.5, 0.6) is 0 Å². The van der Waals surface area contributed by atoms with Crippen LogP contribution in [-0.4, -0.2) is 17.0 Å². The maximum atomic E-state index is 12.2. The molecule has 0 saturated heterocycles. The highest BCUT2D eigenvalue weighted by Crippen LogP contribution is 2.67. The van der Waals surface area contributed by atoms with Crippen LogP contribution in [0.2, 0.25) is 0 Å². The summed E-state index contributed by atoms with van der Waals surface area (Å²) in [5, 5.41) is 10.9. The van der Waals surface area contributed by atoms with Crippen molar-refractivity contribution in [2.75, 3.05) is 0 Å². The average Bonchev–Trinajstić information content (AvgIpc) is 2.81. The van der Waals surface area contributed by atoms with Crippen molar-refractivity contribution in [3.63, 3.8) is 0 Å². The third kappa shape index (κ3) is 1.85. The monoisotopic (exact) mass is 346 g/mol. The number of ketones is 1. The fourth-order valence-electron chi connectivity index (χ4n) is 6.61. The summed E-state index contributed by atoms with van der Waals surface area (Å²) in [5.41, 5.74) is 3.03. The van der Waals surface area contributed by atoms with E-state index in [1.54, 1.807) is 6.08 Å². The Morgan fingerprint density at radius 2 is 1.96 bits per heavy atom. The highest BCUT2D eigenvalue weighted by atomic mass is 35.5. The molecule has 24 heavy (non-hydrogen) atoms. The van der Waals surface area contributed by atoms with Crippen LogP contribution >= 0.6 is 11.6 Å². The van der Waals surface area contributed by atoms with Gasteiger partial charge in [-0.1, -0.05) is 37.6 Å². The zero-order valence-corrected chi connectivity index (χ0v) is 15.6. The van der Waals surface area contributed by atoms with Crippen molar-refractivity contribution in [2.45, 2.75) is 59.0 Å². The summed E-state index contributed by atoms with van der Waals surface area (Å²) >= 11 is 6.47. The molecule has 0 radical (unpaired) electrons.